The van der Waals surface area contributed by atoms with Gasteiger partial charge in [-0.1, -0.05) is 20.3 Å². The third kappa shape index (κ3) is 2.22. The fraction of sp³-hybridized carbons (Fsp3) is 1.00. The number of piperidine rings is 1. The van der Waals surface area contributed by atoms with Crippen molar-refractivity contribution >= 4 is 0 Å². The predicted molar refractivity (Wildman–Crippen MR) is 54.3 cm³/mol. The van der Waals surface area contributed by atoms with E-state index in [9.17, 15) is 0 Å². The van der Waals surface area contributed by atoms with Gasteiger partial charge in [0.2, 0.25) is 0 Å². The highest BCUT2D eigenvalue weighted by atomic mass is 15.2. The molecule has 0 amide bonds. The van der Waals surface area contributed by atoms with Crippen molar-refractivity contribution in [2.45, 2.75) is 46.6 Å². The van der Waals surface area contributed by atoms with E-state index in [1.165, 1.54) is 25.9 Å². The van der Waals surface area contributed by atoms with E-state index < -0.39 is 0 Å². The summed E-state index contributed by atoms with van der Waals surface area (Å²) in [6.45, 7) is 12.0. The summed E-state index contributed by atoms with van der Waals surface area (Å²) in [6, 6.07) is 0.741. The highest BCUT2D eigenvalue weighted by Crippen LogP contribution is 2.26. The zero-order chi connectivity index (χ0) is 9.14. The summed E-state index contributed by atoms with van der Waals surface area (Å²) in [4.78, 5) is 2.61. The van der Waals surface area contributed by atoms with E-state index >= 15 is 0 Å². The largest absolute Gasteiger partial charge is 0.301 e. The van der Waals surface area contributed by atoms with Crippen LogP contribution in [0, 0.1) is 11.8 Å². The van der Waals surface area contributed by atoms with E-state index in [-0.39, 0.29) is 0 Å². The van der Waals surface area contributed by atoms with E-state index in [4.69, 9.17) is 0 Å². The van der Waals surface area contributed by atoms with Crippen LogP contribution < -0.4 is 0 Å². The second kappa shape index (κ2) is 4.27. The molecule has 0 aromatic rings. The maximum absolute atomic E-state index is 2.61. The van der Waals surface area contributed by atoms with Crippen LogP contribution in [0.25, 0.3) is 0 Å². The van der Waals surface area contributed by atoms with Gasteiger partial charge in [-0.15, -0.1) is 0 Å². The summed E-state index contributed by atoms with van der Waals surface area (Å²) >= 11 is 0. The van der Waals surface area contributed by atoms with Crippen molar-refractivity contribution in [1.29, 1.82) is 0 Å². The number of likely N-dealkylation sites (tertiary alicyclic amines) is 1. The first-order valence-electron chi connectivity index (χ1n) is 5.39. The summed E-state index contributed by atoms with van der Waals surface area (Å²) in [5, 5.41) is 0. The summed E-state index contributed by atoms with van der Waals surface area (Å²) in [6.07, 6.45) is 2.78. The first-order valence-corrected chi connectivity index (χ1v) is 5.39. The van der Waals surface area contributed by atoms with Gasteiger partial charge in [0.05, 0.1) is 0 Å². The molecule has 0 N–H and O–H groups in total. The minimum atomic E-state index is 0.741. The molecule has 1 saturated heterocycles. The predicted octanol–water partition coefficient (Wildman–Crippen LogP) is 2.76. The molecule has 1 heteroatoms. The van der Waals surface area contributed by atoms with Crippen LogP contribution in [0.4, 0.5) is 0 Å². The highest BCUT2D eigenvalue weighted by molar-refractivity contribution is 4.78. The van der Waals surface area contributed by atoms with Crippen molar-refractivity contribution in [3.63, 3.8) is 0 Å². The maximum atomic E-state index is 2.61. The molecule has 0 bridgehead atoms. The standard InChI is InChI=1S/C11H23N/c1-5-11-6-7-12(9(2)3)8-10(11)4/h9-11H,5-8H2,1-4H3/t10-,11?/m1/s1. The monoisotopic (exact) mass is 169 g/mol. The molecular formula is C11H23N. The average Bonchev–Trinajstić information content (AvgIpc) is 2.04. The Morgan fingerprint density at radius 2 is 2.08 bits per heavy atom. The normalized spacial score (nSPS) is 32.8. The molecule has 12 heavy (non-hydrogen) atoms. The third-order valence-electron chi connectivity index (χ3n) is 3.37. The average molecular weight is 169 g/mol. The molecule has 72 valence electrons. The van der Waals surface area contributed by atoms with Crippen molar-refractivity contribution in [1.82, 2.24) is 4.90 Å². The summed E-state index contributed by atoms with van der Waals surface area (Å²) < 4.78 is 0. The van der Waals surface area contributed by atoms with E-state index in [2.05, 4.69) is 32.6 Å². The molecule has 0 aromatic heterocycles. The quantitative estimate of drug-likeness (QED) is 0.614. The summed E-state index contributed by atoms with van der Waals surface area (Å²) in [7, 11) is 0. The Bertz CT molecular complexity index is 131. The van der Waals surface area contributed by atoms with Crippen LogP contribution in [0.3, 0.4) is 0 Å². The molecule has 1 aliphatic rings. The van der Waals surface area contributed by atoms with Crippen LogP contribution in [0.15, 0.2) is 0 Å². The molecule has 0 radical (unpaired) electrons. The van der Waals surface area contributed by atoms with Gasteiger partial charge in [0.25, 0.3) is 0 Å². The van der Waals surface area contributed by atoms with E-state index in [1.807, 2.05) is 0 Å². The van der Waals surface area contributed by atoms with E-state index in [0.717, 1.165) is 17.9 Å². The second-order valence-electron chi connectivity index (χ2n) is 4.52. The molecule has 0 spiro atoms. The fourth-order valence-electron chi connectivity index (χ4n) is 2.30. The lowest BCUT2D eigenvalue weighted by Crippen LogP contribution is -2.42. The topological polar surface area (TPSA) is 3.24 Å². The summed E-state index contributed by atoms with van der Waals surface area (Å²) in [5.74, 6) is 1.89. The van der Waals surface area contributed by atoms with Crippen LogP contribution in [-0.4, -0.2) is 24.0 Å². The molecule has 0 aliphatic carbocycles. The Morgan fingerprint density at radius 1 is 1.42 bits per heavy atom. The van der Waals surface area contributed by atoms with Crippen molar-refractivity contribution < 1.29 is 0 Å². The van der Waals surface area contributed by atoms with Crippen molar-refractivity contribution in [2.24, 2.45) is 11.8 Å². The van der Waals surface area contributed by atoms with Crippen LogP contribution in [0.1, 0.15) is 40.5 Å². The van der Waals surface area contributed by atoms with Gasteiger partial charge in [0.15, 0.2) is 0 Å². The lowest BCUT2D eigenvalue weighted by Gasteiger charge is -2.38. The molecule has 2 atom stereocenters. The first kappa shape index (κ1) is 10.0. The van der Waals surface area contributed by atoms with Crippen molar-refractivity contribution in [3.8, 4) is 0 Å². The molecule has 0 saturated carbocycles. The van der Waals surface area contributed by atoms with Gasteiger partial charge in [0.1, 0.15) is 0 Å². The minimum absolute atomic E-state index is 0.741. The molecule has 1 aliphatic heterocycles. The van der Waals surface area contributed by atoms with Crippen LogP contribution in [-0.2, 0) is 0 Å². The smallest absolute Gasteiger partial charge is 0.00387 e. The highest BCUT2D eigenvalue weighted by Gasteiger charge is 2.25. The molecule has 1 rings (SSSR count). The summed E-state index contributed by atoms with van der Waals surface area (Å²) in [5.41, 5.74) is 0. The van der Waals surface area contributed by atoms with Gasteiger partial charge in [-0.05, 0) is 38.6 Å². The SMILES string of the molecule is CCC1CCN(C(C)C)C[C@H]1C. The van der Waals surface area contributed by atoms with Gasteiger partial charge in [-0.3, -0.25) is 0 Å². The maximum Gasteiger partial charge on any atom is 0.00387 e. The lowest BCUT2D eigenvalue weighted by molar-refractivity contribution is 0.100. The Kier molecular flexibility index (Phi) is 3.57. The fourth-order valence-corrected chi connectivity index (χ4v) is 2.30. The first-order chi connectivity index (χ1) is 5.65. The molecule has 0 aromatic carbocycles. The zero-order valence-electron chi connectivity index (χ0n) is 9.01. The van der Waals surface area contributed by atoms with Gasteiger partial charge >= 0.3 is 0 Å². The van der Waals surface area contributed by atoms with Crippen molar-refractivity contribution in [2.75, 3.05) is 13.1 Å². The minimum Gasteiger partial charge on any atom is -0.301 e. The number of hydrogen-bond acceptors (Lipinski definition) is 1. The van der Waals surface area contributed by atoms with Crippen LogP contribution in [0.5, 0.6) is 0 Å². The number of hydrogen-bond donors (Lipinski definition) is 0. The number of rotatable bonds is 2. The van der Waals surface area contributed by atoms with Crippen LogP contribution in [0.2, 0.25) is 0 Å². The van der Waals surface area contributed by atoms with Crippen LogP contribution >= 0.6 is 0 Å². The molecule has 1 nitrogen and oxygen atoms in total. The Hall–Kier alpha value is -0.0400. The lowest BCUT2D eigenvalue weighted by atomic mass is 9.84. The molecule has 1 heterocycles. The van der Waals surface area contributed by atoms with E-state index in [1.54, 1.807) is 0 Å². The molecule has 1 unspecified atom stereocenters. The third-order valence-corrected chi connectivity index (χ3v) is 3.37. The van der Waals surface area contributed by atoms with Gasteiger partial charge in [-0.2, -0.15) is 0 Å². The van der Waals surface area contributed by atoms with Crippen molar-refractivity contribution in [3.05, 3.63) is 0 Å². The Labute approximate surface area is 77.1 Å². The van der Waals surface area contributed by atoms with Gasteiger partial charge in [-0.25, -0.2) is 0 Å². The van der Waals surface area contributed by atoms with Gasteiger partial charge in [0, 0.05) is 12.6 Å². The molecular weight excluding hydrogens is 146 g/mol. The number of nitrogens with zero attached hydrogens (tertiary/aromatic N) is 1. The van der Waals surface area contributed by atoms with Gasteiger partial charge < -0.3 is 4.90 Å². The zero-order valence-corrected chi connectivity index (χ0v) is 9.01. The second-order valence-corrected chi connectivity index (χ2v) is 4.52. The molecule has 1 fully saturated rings. The Morgan fingerprint density at radius 3 is 2.50 bits per heavy atom. The van der Waals surface area contributed by atoms with E-state index in [0.29, 0.717) is 0 Å². The Balaban J connectivity index is 2.40.